The molecule has 4 rings (SSSR count). The molecule has 0 aromatic carbocycles. The quantitative estimate of drug-likeness (QED) is 0.596. The van der Waals surface area contributed by atoms with E-state index in [1.807, 2.05) is 0 Å². The summed E-state index contributed by atoms with van der Waals surface area (Å²) in [5, 5.41) is 0. The van der Waals surface area contributed by atoms with Crippen molar-refractivity contribution in [3.05, 3.63) is 0 Å². The molecule has 1 nitrogen and oxygen atoms in total. The number of fused-ring (bicyclic) bond motifs is 5. The molecule has 0 N–H and O–H groups in total. The Morgan fingerprint density at radius 3 is 2.38 bits per heavy atom. The van der Waals surface area contributed by atoms with Crippen LogP contribution in [-0.4, -0.2) is 5.78 Å². The molecule has 4 saturated carbocycles. The van der Waals surface area contributed by atoms with Crippen molar-refractivity contribution < 1.29 is 4.79 Å². The highest BCUT2D eigenvalue weighted by Crippen LogP contribution is 2.64. The first-order valence-corrected chi connectivity index (χ1v) is 9.46. The molecular weight excluding hydrogens is 256 g/mol. The van der Waals surface area contributed by atoms with Crippen molar-refractivity contribution >= 4 is 5.78 Å². The van der Waals surface area contributed by atoms with Gasteiger partial charge >= 0.3 is 0 Å². The van der Waals surface area contributed by atoms with Crippen molar-refractivity contribution in [1.29, 1.82) is 0 Å². The number of carbonyl (C=O) groups is 1. The highest BCUT2D eigenvalue weighted by molar-refractivity contribution is 5.84. The maximum absolute atomic E-state index is 12.3. The van der Waals surface area contributed by atoms with Crippen LogP contribution in [-0.2, 0) is 4.79 Å². The average Bonchev–Trinajstić information content (AvgIpc) is 2.74. The van der Waals surface area contributed by atoms with Gasteiger partial charge in [0.1, 0.15) is 5.78 Å². The molecule has 0 spiro atoms. The van der Waals surface area contributed by atoms with Gasteiger partial charge in [0.25, 0.3) is 0 Å². The van der Waals surface area contributed by atoms with E-state index >= 15 is 0 Å². The molecule has 0 aliphatic heterocycles. The van der Waals surface area contributed by atoms with Crippen LogP contribution in [0.25, 0.3) is 0 Å². The topological polar surface area (TPSA) is 17.1 Å². The Kier molecular flexibility index (Phi) is 3.12. The van der Waals surface area contributed by atoms with Crippen LogP contribution in [0.5, 0.6) is 0 Å². The number of rotatable bonds is 0. The molecule has 4 aliphatic carbocycles. The van der Waals surface area contributed by atoms with Gasteiger partial charge < -0.3 is 0 Å². The Balaban J connectivity index is 1.64. The lowest BCUT2D eigenvalue weighted by Crippen LogP contribution is -2.52. The summed E-state index contributed by atoms with van der Waals surface area (Å²) in [7, 11) is 0. The number of carbonyl (C=O) groups excluding carboxylic acids is 1. The Hall–Kier alpha value is -0.330. The van der Waals surface area contributed by atoms with Gasteiger partial charge in [-0.3, -0.25) is 4.79 Å². The minimum absolute atomic E-state index is 0.368. The maximum Gasteiger partial charge on any atom is 0.136 e. The van der Waals surface area contributed by atoms with Gasteiger partial charge in [0.15, 0.2) is 0 Å². The zero-order valence-electron chi connectivity index (χ0n) is 14.2. The van der Waals surface area contributed by atoms with Gasteiger partial charge in [-0.15, -0.1) is 0 Å². The molecule has 0 aromatic rings. The Morgan fingerprint density at radius 1 is 0.857 bits per heavy atom. The Bertz CT molecular complexity index is 451. The van der Waals surface area contributed by atoms with E-state index in [1.54, 1.807) is 0 Å². The van der Waals surface area contributed by atoms with Crippen molar-refractivity contribution in [1.82, 2.24) is 0 Å². The lowest BCUT2D eigenvalue weighted by molar-refractivity contribution is -0.132. The molecule has 0 radical (unpaired) electrons. The second-order valence-electron chi connectivity index (χ2n) is 9.60. The first-order valence-electron chi connectivity index (χ1n) is 9.46. The molecule has 21 heavy (non-hydrogen) atoms. The fourth-order valence-electron chi connectivity index (χ4n) is 7.38. The first kappa shape index (κ1) is 14.3. The summed E-state index contributed by atoms with van der Waals surface area (Å²) in [5.74, 6) is 4.76. The molecular formula is C20H32O. The van der Waals surface area contributed by atoms with Crippen LogP contribution in [0.4, 0.5) is 0 Å². The van der Waals surface area contributed by atoms with Crippen LogP contribution in [0.15, 0.2) is 0 Å². The van der Waals surface area contributed by atoms with Crippen LogP contribution in [0.1, 0.15) is 78.6 Å². The van der Waals surface area contributed by atoms with Crippen LogP contribution in [0.3, 0.4) is 0 Å². The van der Waals surface area contributed by atoms with Crippen LogP contribution in [0, 0.1) is 40.4 Å². The molecule has 0 saturated heterocycles. The van der Waals surface area contributed by atoms with Gasteiger partial charge in [0.2, 0.25) is 0 Å². The Labute approximate surface area is 130 Å². The predicted octanol–water partition coefficient (Wildman–Crippen LogP) is 5.23. The normalized spacial score (nSPS) is 52.0. The molecule has 118 valence electrons. The van der Waals surface area contributed by atoms with Crippen molar-refractivity contribution in [2.24, 2.45) is 40.4 Å². The first-order chi connectivity index (χ1) is 9.93. The summed E-state index contributed by atoms with van der Waals surface area (Å²) < 4.78 is 0. The molecule has 0 heterocycles. The highest BCUT2D eigenvalue weighted by atomic mass is 16.1. The second-order valence-corrected chi connectivity index (χ2v) is 9.60. The monoisotopic (exact) mass is 288 g/mol. The number of ketones is 1. The lowest BCUT2D eigenvalue weighted by atomic mass is 9.46. The van der Waals surface area contributed by atoms with Gasteiger partial charge in [0, 0.05) is 12.3 Å². The standard InChI is InChI=1S/C20H32O/c1-19(2)11-4-5-13-14-6-7-17-18(21)10-12-20(17,3)16(14)9-8-15(13)19/h13-17H,4-12H2,1-3H3. The van der Waals surface area contributed by atoms with E-state index in [9.17, 15) is 4.79 Å². The summed E-state index contributed by atoms with van der Waals surface area (Å²) in [6, 6.07) is 0. The molecule has 0 amide bonds. The molecule has 4 aliphatic rings. The minimum Gasteiger partial charge on any atom is -0.299 e. The number of Topliss-reactive ketones (excluding diaryl/α,β-unsaturated/α-hetero) is 1. The second kappa shape index (κ2) is 4.59. The zero-order chi connectivity index (χ0) is 14.8. The SMILES string of the molecule is CC1(C)CCCC2C3CCC4C(=O)CCC4(C)C3CCC21. The van der Waals surface area contributed by atoms with Gasteiger partial charge in [-0.25, -0.2) is 0 Å². The highest BCUT2D eigenvalue weighted by Gasteiger charge is 2.58. The molecule has 0 aromatic heterocycles. The van der Waals surface area contributed by atoms with Gasteiger partial charge in [-0.1, -0.05) is 27.2 Å². The predicted molar refractivity (Wildman–Crippen MR) is 85.9 cm³/mol. The third kappa shape index (κ3) is 1.91. The van der Waals surface area contributed by atoms with Gasteiger partial charge in [-0.2, -0.15) is 0 Å². The van der Waals surface area contributed by atoms with E-state index < -0.39 is 0 Å². The number of hydrogen-bond acceptors (Lipinski definition) is 1. The fourth-order valence-corrected chi connectivity index (χ4v) is 7.38. The molecule has 6 atom stereocenters. The molecule has 1 heteroatoms. The Morgan fingerprint density at radius 2 is 1.57 bits per heavy atom. The summed E-state index contributed by atoms with van der Waals surface area (Å²) in [6.07, 6.45) is 11.8. The largest absolute Gasteiger partial charge is 0.299 e. The summed E-state index contributed by atoms with van der Waals surface area (Å²) in [4.78, 5) is 12.3. The molecule has 0 bridgehead atoms. The van der Waals surface area contributed by atoms with E-state index in [-0.39, 0.29) is 0 Å². The summed E-state index contributed by atoms with van der Waals surface area (Å²) >= 11 is 0. The van der Waals surface area contributed by atoms with E-state index in [1.165, 1.54) is 51.4 Å². The number of hydrogen-bond donors (Lipinski definition) is 0. The third-order valence-corrected chi connectivity index (χ3v) is 8.47. The molecule has 6 unspecified atom stereocenters. The molecule has 4 fully saturated rings. The van der Waals surface area contributed by atoms with Crippen molar-refractivity contribution in [3.8, 4) is 0 Å². The lowest BCUT2D eigenvalue weighted by Gasteiger charge is -2.59. The smallest absolute Gasteiger partial charge is 0.136 e. The van der Waals surface area contributed by atoms with Crippen LogP contribution in [0.2, 0.25) is 0 Å². The zero-order valence-corrected chi connectivity index (χ0v) is 14.2. The fraction of sp³-hybridized carbons (Fsp3) is 0.950. The maximum atomic E-state index is 12.3. The minimum atomic E-state index is 0.368. The van der Waals surface area contributed by atoms with E-state index in [2.05, 4.69) is 20.8 Å². The third-order valence-electron chi connectivity index (χ3n) is 8.47. The van der Waals surface area contributed by atoms with Gasteiger partial charge in [-0.05, 0) is 79.4 Å². The van der Waals surface area contributed by atoms with Gasteiger partial charge in [0.05, 0.1) is 0 Å². The summed E-state index contributed by atoms with van der Waals surface area (Å²) in [5.41, 5.74) is 0.934. The van der Waals surface area contributed by atoms with E-state index in [0.717, 1.165) is 30.1 Å². The van der Waals surface area contributed by atoms with E-state index in [0.29, 0.717) is 22.5 Å². The van der Waals surface area contributed by atoms with Crippen LogP contribution >= 0.6 is 0 Å². The van der Waals surface area contributed by atoms with Crippen molar-refractivity contribution in [2.75, 3.05) is 0 Å². The van der Waals surface area contributed by atoms with Crippen LogP contribution < -0.4 is 0 Å². The summed E-state index contributed by atoms with van der Waals surface area (Å²) in [6.45, 7) is 7.53. The van der Waals surface area contributed by atoms with Crippen molar-refractivity contribution in [3.63, 3.8) is 0 Å². The van der Waals surface area contributed by atoms with E-state index in [4.69, 9.17) is 0 Å². The van der Waals surface area contributed by atoms with Crippen molar-refractivity contribution in [2.45, 2.75) is 78.6 Å². The average molecular weight is 288 g/mol.